The Morgan fingerprint density at radius 1 is 0.610 bits per heavy atom. The molecule has 0 heterocycles. The molecule has 9 heteroatoms. The minimum atomic E-state index is -0.000678. The molecule has 0 saturated heterocycles. The third-order valence-corrected chi connectivity index (χ3v) is 6.56. The second-order valence-electron chi connectivity index (χ2n) is 9.28. The standard InChI is InChI=1S/C18H20Cl4N2O2.2C7H7.Ti/c1-23(2)3-4-24(9-11-5-13(19)7-15(21)17(11)25)10-12-6-14(20)8-16(22)18(12)26;2*1-7-5-3-2-4-6-7;/h5-8,25-26H,3-4,9-10H2,1-2H3;2*2-6H,1H2;/q;2*-1;+2. The fraction of sp³-hybridized carbons (Fsp3) is 0.188. The van der Waals surface area contributed by atoms with Crippen LogP contribution in [0.1, 0.15) is 22.3 Å². The number of hydrogen-bond donors (Lipinski definition) is 2. The number of halogens is 4. The predicted molar refractivity (Wildman–Crippen MR) is 171 cm³/mol. The van der Waals surface area contributed by atoms with E-state index in [0.717, 1.165) is 17.7 Å². The normalized spacial score (nSPS) is 10.2. The zero-order valence-corrected chi connectivity index (χ0v) is 27.7. The van der Waals surface area contributed by atoms with Crippen LogP contribution >= 0.6 is 46.4 Å². The summed E-state index contributed by atoms with van der Waals surface area (Å²) < 4.78 is 0. The van der Waals surface area contributed by atoms with Crippen molar-refractivity contribution < 1.29 is 31.9 Å². The largest absolute Gasteiger partial charge is 2.00 e. The Kier molecular flexibility index (Phi) is 17.4. The summed E-state index contributed by atoms with van der Waals surface area (Å²) in [6.45, 7) is 9.69. The zero-order chi connectivity index (χ0) is 29.7. The van der Waals surface area contributed by atoms with Crippen LogP contribution in [0.2, 0.25) is 20.1 Å². The minimum Gasteiger partial charge on any atom is -0.506 e. The molecule has 0 radical (unpaired) electrons. The molecule has 4 aromatic rings. The van der Waals surface area contributed by atoms with Crippen molar-refractivity contribution in [3.63, 3.8) is 0 Å². The van der Waals surface area contributed by atoms with Gasteiger partial charge in [-0.15, -0.1) is 24.3 Å². The van der Waals surface area contributed by atoms with E-state index in [1.165, 1.54) is 12.1 Å². The Hall–Kier alpha value is -1.99. The number of phenolic OH excluding ortho intramolecular Hbond substituents is 2. The molecular weight excluding hydrogens is 634 g/mol. The molecule has 0 aliphatic heterocycles. The molecule has 4 rings (SSSR count). The zero-order valence-electron chi connectivity index (χ0n) is 23.1. The summed E-state index contributed by atoms with van der Waals surface area (Å²) in [5.41, 5.74) is 3.35. The first-order chi connectivity index (χ1) is 19.0. The van der Waals surface area contributed by atoms with Crippen molar-refractivity contribution in [1.29, 1.82) is 0 Å². The Morgan fingerprint density at radius 2 is 0.976 bits per heavy atom. The fourth-order valence-corrected chi connectivity index (χ4v) is 4.54. The maximum Gasteiger partial charge on any atom is 2.00 e. The summed E-state index contributed by atoms with van der Waals surface area (Å²) in [6.07, 6.45) is 0. The topological polar surface area (TPSA) is 46.9 Å². The first kappa shape index (κ1) is 37.0. The van der Waals surface area contributed by atoms with Gasteiger partial charge in [0.2, 0.25) is 0 Å². The van der Waals surface area contributed by atoms with Crippen LogP contribution in [-0.2, 0) is 34.8 Å². The molecule has 0 aliphatic rings. The van der Waals surface area contributed by atoms with E-state index < -0.39 is 0 Å². The number of nitrogens with zero attached hydrogens (tertiary/aromatic N) is 2. The number of phenols is 2. The summed E-state index contributed by atoms with van der Waals surface area (Å²) in [5.74, 6) is -0.00136. The van der Waals surface area contributed by atoms with Crippen LogP contribution in [0.4, 0.5) is 0 Å². The van der Waals surface area contributed by atoms with Gasteiger partial charge in [-0.2, -0.15) is 49.2 Å². The molecule has 0 unspecified atom stereocenters. The van der Waals surface area contributed by atoms with Gasteiger partial charge in [-0.05, 0) is 38.4 Å². The summed E-state index contributed by atoms with van der Waals surface area (Å²) in [5, 5.41) is 21.8. The van der Waals surface area contributed by atoms with Gasteiger partial charge < -0.3 is 15.1 Å². The summed E-state index contributed by atoms with van der Waals surface area (Å²) in [7, 11) is 3.94. The summed E-state index contributed by atoms with van der Waals surface area (Å²) in [6, 6.07) is 26.1. The van der Waals surface area contributed by atoms with E-state index in [4.69, 9.17) is 46.4 Å². The van der Waals surface area contributed by atoms with E-state index >= 15 is 0 Å². The van der Waals surface area contributed by atoms with Gasteiger partial charge in [-0.3, -0.25) is 4.90 Å². The molecule has 2 N–H and O–H groups in total. The van der Waals surface area contributed by atoms with Crippen molar-refractivity contribution in [1.82, 2.24) is 9.80 Å². The molecular formula is C32H34Cl4N2O2Ti. The molecule has 0 spiro atoms. The van der Waals surface area contributed by atoms with Crippen molar-refractivity contribution in [2.75, 3.05) is 27.2 Å². The maximum absolute atomic E-state index is 10.2. The number of benzene rings is 4. The van der Waals surface area contributed by atoms with E-state index in [2.05, 4.69) is 13.8 Å². The van der Waals surface area contributed by atoms with E-state index in [0.29, 0.717) is 40.8 Å². The fourth-order valence-electron chi connectivity index (χ4n) is 3.47. The molecule has 4 aromatic carbocycles. The van der Waals surface area contributed by atoms with Gasteiger partial charge in [0.05, 0.1) is 10.0 Å². The third kappa shape index (κ3) is 14.2. The van der Waals surface area contributed by atoms with E-state index in [1.807, 2.05) is 84.6 Å². The van der Waals surface area contributed by atoms with Gasteiger partial charge in [-0.1, -0.05) is 58.5 Å². The van der Waals surface area contributed by atoms with Gasteiger partial charge >= 0.3 is 21.7 Å². The number of rotatable bonds is 7. The molecule has 216 valence electrons. The molecule has 41 heavy (non-hydrogen) atoms. The van der Waals surface area contributed by atoms with Crippen LogP contribution in [-0.4, -0.2) is 47.2 Å². The van der Waals surface area contributed by atoms with Crippen molar-refractivity contribution in [3.05, 3.63) is 141 Å². The molecule has 0 fully saturated rings. The Bertz CT molecular complexity index is 1230. The van der Waals surface area contributed by atoms with E-state index in [9.17, 15) is 10.2 Å². The number of likely N-dealkylation sites (N-methyl/N-ethyl adjacent to an activating group) is 1. The van der Waals surface area contributed by atoms with Crippen molar-refractivity contribution in [3.8, 4) is 11.5 Å². The molecule has 0 amide bonds. The van der Waals surface area contributed by atoms with Crippen LogP contribution in [0.25, 0.3) is 0 Å². The second-order valence-corrected chi connectivity index (χ2v) is 11.0. The minimum absolute atomic E-state index is 0. The van der Waals surface area contributed by atoms with Crippen LogP contribution in [0.15, 0.2) is 84.9 Å². The van der Waals surface area contributed by atoms with Crippen LogP contribution in [0.3, 0.4) is 0 Å². The SMILES string of the molecule is CN(C)CCN(Cc1cc(Cl)cc(Cl)c1O)Cc1cc(Cl)cc(Cl)c1O.[CH2-]c1ccccc1.[CH2-]c1ccccc1.[Ti+2]. The molecule has 0 aliphatic carbocycles. The van der Waals surface area contributed by atoms with Gasteiger partial charge in [0.1, 0.15) is 11.5 Å². The first-order valence-electron chi connectivity index (χ1n) is 12.4. The predicted octanol–water partition coefficient (Wildman–Crippen LogP) is 9.01. The van der Waals surface area contributed by atoms with E-state index in [1.54, 1.807) is 12.1 Å². The van der Waals surface area contributed by atoms with Gasteiger partial charge in [0.15, 0.2) is 0 Å². The Balaban J connectivity index is 0.000000453. The molecule has 0 saturated carbocycles. The molecule has 0 atom stereocenters. The molecule has 4 nitrogen and oxygen atoms in total. The Labute approximate surface area is 279 Å². The second kappa shape index (κ2) is 19.3. The number of aromatic hydroxyl groups is 2. The first-order valence-corrected chi connectivity index (χ1v) is 13.9. The summed E-state index contributed by atoms with van der Waals surface area (Å²) >= 11 is 24.2. The van der Waals surface area contributed by atoms with Crippen LogP contribution in [0, 0.1) is 13.8 Å². The smallest absolute Gasteiger partial charge is 0.506 e. The average Bonchev–Trinajstić information content (AvgIpc) is 2.90. The van der Waals surface area contributed by atoms with Gasteiger partial charge in [0, 0.05) is 47.4 Å². The van der Waals surface area contributed by atoms with Crippen LogP contribution in [0.5, 0.6) is 11.5 Å². The van der Waals surface area contributed by atoms with E-state index in [-0.39, 0.29) is 43.3 Å². The monoisotopic (exact) mass is 666 g/mol. The average molecular weight is 668 g/mol. The van der Waals surface area contributed by atoms with Crippen molar-refractivity contribution >= 4 is 46.4 Å². The molecule has 0 bridgehead atoms. The Morgan fingerprint density at radius 3 is 1.27 bits per heavy atom. The molecule has 0 aromatic heterocycles. The van der Waals surface area contributed by atoms with Gasteiger partial charge in [-0.25, -0.2) is 0 Å². The van der Waals surface area contributed by atoms with Crippen molar-refractivity contribution in [2.24, 2.45) is 0 Å². The quantitative estimate of drug-likeness (QED) is 0.153. The van der Waals surface area contributed by atoms with Crippen molar-refractivity contribution in [2.45, 2.75) is 13.1 Å². The third-order valence-electron chi connectivity index (χ3n) is 5.55. The van der Waals surface area contributed by atoms with Gasteiger partial charge in [0.25, 0.3) is 0 Å². The summed E-state index contributed by atoms with van der Waals surface area (Å²) in [4.78, 5) is 4.09. The number of hydrogen-bond acceptors (Lipinski definition) is 4. The van der Waals surface area contributed by atoms with Crippen LogP contribution < -0.4 is 0 Å². The maximum atomic E-state index is 10.2.